The molecule has 0 saturated heterocycles. The van der Waals surface area contributed by atoms with Gasteiger partial charge in [-0.05, 0) is 28.7 Å². The molecule has 2 aromatic carbocycles. The molecule has 10 heteroatoms. The van der Waals surface area contributed by atoms with Crippen LogP contribution in [-0.2, 0) is 14.3 Å². The van der Waals surface area contributed by atoms with Gasteiger partial charge in [-0.15, -0.1) is 0 Å². The molecule has 7 nitrogen and oxygen atoms in total. The normalized spacial score (nSPS) is 14.4. The Morgan fingerprint density at radius 1 is 1.00 bits per heavy atom. The predicted octanol–water partition coefficient (Wildman–Crippen LogP) is 4.61. The van der Waals surface area contributed by atoms with Crippen molar-refractivity contribution in [3.05, 3.63) is 59.7 Å². The fraction of sp³-hybridized carbons (Fsp3) is 0.400. The van der Waals surface area contributed by atoms with Gasteiger partial charge < -0.3 is 20.5 Å². The quantitative estimate of drug-likeness (QED) is 0.450. The standard InChI is InChI=1S/C25H27F3N2O5/c1-2-7-15(12-22(31)32)29-23(33)21(13-25(26,27)28)30-24(34)35-14-20-18-10-5-3-8-16(18)17-9-4-6-11-19(17)20/h3-6,8-11,15,20-21H,2,7,12-14H2,1H3,(H,29,33)(H,30,34)(H,31,32)/t15-,21?/m0/s1. The maximum absolute atomic E-state index is 13.1. The number of halogens is 3. The molecule has 0 bridgehead atoms. The molecule has 2 atom stereocenters. The summed E-state index contributed by atoms with van der Waals surface area (Å²) < 4.78 is 44.6. The SMILES string of the molecule is CCC[C@@H](CC(=O)O)NC(=O)C(CC(F)(F)F)NC(=O)OCC1c2ccccc2-c2ccccc21. The Labute approximate surface area is 200 Å². The molecule has 1 aliphatic carbocycles. The molecule has 3 rings (SSSR count). The highest BCUT2D eigenvalue weighted by atomic mass is 19.4. The van der Waals surface area contributed by atoms with E-state index in [1.54, 1.807) is 6.92 Å². The van der Waals surface area contributed by atoms with Gasteiger partial charge in [0.2, 0.25) is 5.91 Å². The number of amides is 2. The van der Waals surface area contributed by atoms with Crippen LogP contribution in [0.15, 0.2) is 48.5 Å². The van der Waals surface area contributed by atoms with Crippen LogP contribution in [-0.4, -0.2) is 47.9 Å². The molecule has 0 fully saturated rings. The van der Waals surface area contributed by atoms with Crippen molar-refractivity contribution in [2.45, 2.75) is 56.8 Å². The van der Waals surface area contributed by atoms with E-state index in [1.807, 2.05) is 53.8 Å². The van der Waals surface area contributed by atoms with Crippen LogP contribution in [0.5, 0.6) is 0 Å². The Kier molecular flexibility index (Phi) is 8.37. The van der Waals surface area contributed by atoms with Gasteiger partial charge in [-0.2, -0.15) is 13.2 Å². The molecule has 0 aromatic heterocycles. The summed E-state index contributed by atoms with van der Waals surface area (Å²) in [5.41, 5.74) is 3.85. The van der Waals surface area contributed by atoms with Gasteiger partial charge in [0.1, 0.15) is 12.6 Å². The molecular weight excluding hydrogens is 465 g/mol. The fourth-order valence-electron chi connectivity index (χ4n) is 4.31. The van der Waals surface area contributed by atoms with E-state index in [1.165, 1.54) is 0 Å². The third kappa shape index (κ3) is 6.97. The van der Waals surface area contributed by atoms with Crippen LogP contribution in [0.1, 0.15) is 49.7 Å². The number of carbonyl (C=O) groups excluding carboxylic acids is 2. The number of alkyl halides is 3. The molecular formula is C25H27F3N2O5. The number of carbonyl (C=O) groups is 3. The van der Waals surface area contributed by atoms with Gasteiger partial charge in [-0.1, -0.05) is 61.9 Å². The van der Waals surface area contributed by atoms with Gasteiger partial charge in [0.05, 0.1) is 12.8 Å². The number of fused-ring (bicyclic) bond motifs is 3. The largest absolute Gasteiger partial charge is 0.481 e. The van der Waals surface area contributed by atoms with Crippen molar-refractivity contribution < 1.29 is 37.4 Å². The number of benzene rings is 2. The van der Waals surface area contributed by atoms with Crippen molar-refractivity contribution in [2.75, 3.05) is 6.61 Å². The number of alkyl carbamates (subject to hydrolysis) is 1. The van der Waals surface area contributed by atoms with Crippen molar-refractivity contribution in [1.29, 1.82) is 0 Å². The van der Waals surface area contributed by atoms with Crippen molar-refractivity contribution in [3.63, 3.8) is 0 Å². The molecule has 2 aromatic rings. The lowest BCUT2D eigenvalue weighted by Gasteiger charge is -2.23. The zero-order valence-corrected chi connectivity index (χ0v) is 19.1. The summed E-state index contributed by atoms with van der Waals surface area (Å²) in [7, 11) is 0. The zero-order chi connectivity index (χ0) is 25.6. The monoisotopic (exact) mass is 492 g/mol. The zero-order valence-electron chi connectivity index (χ0n) is 19.1. The van der Waals surface area contributed by atoms with Crippen molar-refractivity contribution in [1.82, 2.24) is 10.6 Å². The Bertz CT molecular complexity index is 1030. The third-order valence-electron chi connectivity index (χ3n) is 5.79. The summed E-state index contributed by atoms with van der Waals surface area (Å²) in [5.74, 6) is -2.61. The van der Waals surface area contributed by atoms with E-state index in [2.05, 4.69) is 5.32 Å². The average molecular weight is 492 g/mol. The molecule has 35 heavy (non-hydrogen) atoms. The minimum Gasteiger partial charge on any atom is -0.481 e. The van der Waals surface area contributed by atoms with Crippen LogP contribution >= 0.6 is 0 Å². The van der Waals surface area contributed by atoms with Gasteiger partial charge >= 0.3 is 18.2 Å². The molecule has 0 aliphatic heterocycles. The third-order valence-corrected chi connectivity index (χ3v) is 5.79. The summed E-state index contributed by atoms with van der Waals surface area (Å²) in [4.78, 5) is 36.0. The lowest BCUT2D eigenvalue weighted by atomic mass is 9.98. The van der Waals surface area contributed by atoms with E-state index in [0.717, 1.165) is 22.3 Å². The van der Waals surface area contributed by atoms with E-state index < -0.39 is 49.1 Å². The first-order chi connectivity index (χ1) is 16.6. The number of aliphatic carboxylic acids is 1. The molecule has 3 N–H and O–H groups in total. The van der Waals surface area contributed by atoms with E-state index in [9.17, 15) is 27.6 Å². The smallest absolute Gasteiger partial charge is 0.407 e. The van der Waals surface area contributed by atoms with Crippen LogP contribution in [0.3, 0.4) is 0 Å². The number of carboxylic acid groups (broad SMARTS) is 1. The predicted molar refractivity (Wildman–Crippen MR) is 122 cm³/mol. The summed E-state index contributed by atoms with van der Waals surface area (Å²) in [5, 5.41) is 13.3. The molecule has 0 spiro atoms. The molecule has 0 heterocycles. The Hall–Kier alpha value is -3.56. The van der Waals surface area contributed by atoms with Crippen molar-refractivity contribution in [3.8, 4) is 11.1 Å². The summed E-state index contributed by atoms with van der Waals surface area (Å²) >= 11 is 0. The van der Waals surface area contributed by atoms with E-state index in [4.69, 9.17) is 9.84 Å². The summed E-state index contributed by atoms with van der Waals surface area (Å²) in [6.07, 6.45) is -7.19. The van der Waals surface area contributed by atoms with Crippen LogP contribution < -0.4 is 10.6 Å². The van der Waals surface area contributed by atoms with Gasteiger partial charge in [0.15, 0.2) is 0 Å². The highest BCUT2D eigenvalue weighted by Gasteiger charge is 2.37. The highest BCUT2D eigenvalue weighted by Crippen LogP contribution is 2.44. The second kappa shape index (κ2) is 11.2. The van der Waals surface area contributed by atoms with E-state index in [0.29, 0.717) is 6.42 Å². The first kappa shape index (κ1) is 26.1. The van der Waals surface area contributed by atoms with E-state index >= 15 is 0 Å². The lowest BCUT2D eigenvalue weighted by Crippen LogP contribution is -2.51. The van der Waals surface area contributed by atoms with Gasteiger partial charge in [0.25, 0.3) is 0 Å². The number of hydrogen-bond acceptors (Lipinski definition) is 4. The van der Waals surface area contributed by atoms with Gasteiger partial charge in [-0.25, -0.2) is 4.79 Å². The molecule has 188 valence electrons. The van der Waals surface area contributed by atoms with Gasteiger partial charge in [0, 0.05) is 12.0 Å². The number of ether oxygens (including phenoxy) is 1. The second-order valence-electron chi connectivity index (χ2n) is 8.43. The minimum atomic E-state index is -4.74. The molecule has 0 saturated carbocycles. The summed E-state index contributed by atoms with van der Waals surface area (Å²) in [6.45, 7) is 1.63. The Balaban J connectivity index is 1.68. The number of rotatable bonds is 10. The van der Waals surface area contributed by atoms with Crippen molar-refractivity contribution >= 4 is 18.0 Å². The number of hydrogen-bond donors (Lipinski definition) is 3. The maximum atomic E-state index is 13.1. The van der Waals surface area contributed by atoms with Crippen LogP contribution in [0.4, 0.5) is 18.0 Å². The fourth-order valence-corrected chi connectivity index (χ4v) is 4.31. The van der Waals surface area contributed by atoms with Crippen LogP contribution in [0, 0.1) is 0 Å². The van der Waals surface area contributed by atoms with Crippen LogP contribution in [0.2, 0.25) is 0 Å². The highest BCUT2D eigenvalue weighted by molar-refractivity contribution is 5.86. The maximum Gasteiger partial charge on any atom is 0.407 e. The van der Waals surface area contributed by atoms with E-state index in [-0.39, 0.29) is 18.9 Å². The van der Waals surface area contributed by atoms with Crippen LogP contribution in [0.25, 0.3) is 11.1 Å². The molecule has 1 unspecified atom stereocenters. The summed E-state index contributed by atoms with van der Waals surface area (Å²) in [6, 6.07) is 12.4. The Morgan fingerprint density at radius 3 is 2.09 bits per heavy atom. The van der Waals surface area contributed by atoms with Crippen molar-refractivity contribution in [2.24, 2.45) is 0 Å². The minimum absolute atomic E-state index is 0.127. The lowest BCUT2D eigenvalue weighted by molar-refractivity contribution is -0.149. The number of carboxylic acids is 1. The molecule has 2 amide bonds. The average Bonchev–Trinajstić information content (AvgIpc) is 3.10. The first-order valence-corrected chi connectivity index (χ1v) is 11.3. The molecule has 1 aliphatic rings. The molecule has 0 radical (unpaired) electrons. The Morgan fingerprint density at radius 2 is 1.57 bits per heavy atom. The number of nitrogens with one attached hydrogen (secondary N) is 2. The second-order valence-corrected chi connectivity index (χ2v) is 8.43. The topological polar surface area (TPSA) is 105 Å². The van der Waals surface area contributed by atoms with Gasteiger partial charge in [-0.3, -0.25) is 9.59 Å². The first-order valence-electron chi connectivity index (χ1n) is 11.3.